The van der Waals surface area contributed by atoms with Crippen LogP contribution in [0, 0.1) is 0 Å². The van der Waals surface area contributed by atoms with Crippen molar-refractivity contribution < 1.29 is 28.1 Å². The second kappa shape index (κ2) is 10.5. The summed E-state index contributed by atoms with van der Waals surface area (Å²) in [6.45, 7) is 4.76. The van der Waals surface area contributed by atoms with Gasteiger partial charge in [0.2, 0.25) is 0 Å². The molecule has 2 aromatic carbocycles. The van der Waals surface area contributed by atoms with E-state index in [2.05, 4.69) is 5.32 Å². The smallest absolute Gasteiger partial charge is 0.339 e. The average Bonchev–Trinajstić information content (AvgIpc) is 2.71. The van der Waals surface area contributed by atoms with Gasteiger partial charge in [0.25, 0.3) is 5.91 Å². The molecule has 1 atom stereocenters. The molecule has 154 valence electrons. The molecule has 0 saturated heterocycles. The maximum Gasteiger partial charge on any atom is 0.339 e. The van der Waals surface area contributed by atoms with Crippen LogP contribution in [0.1, 0.15) is 41.5 Å². The van der Waals surface area contributed by atoms with Gasteiger partial charge in [0.15, 0.2) is 6.61 Å². The molecule has 1 N–H and O–H groups in total. The Labute approximate surface area is 171 Å². The summed E-state index contributed by atoms with van der Waals surface area (Å²) in [5, 5.41) is 2.58. The quantitative estimate of drug-likeness (QED) is 0.663. The first-order valence-electron chi connectivity index (χ1n) is 9.07. The summed E-state index contributed by atoms with van der Waals surface area (Å²) >= 11 is 0. The summed E-state index contributed by atoms with van der Waals surface area (Å²) < 4.78 is 22.2. The Bertz CT molecular complexity index is 908. The molecule has 0 unspecified atom stereocenters. The standard InChI is InChI=1S/C21H23NO6S/c1-4-29(26)18-8-6-5-7-17(18)21(25)27-13-19(23)22-16-11-9-15(10-12-16)20(24)28-14(2)3/h5-12,14H,4,13H2,1-3H3,(H,22,23)/t29-/m1/s1. The lowest BCUT2D eigenvalue weighted by Gasteiger charge is -2.10. The van der Waals surface area contributed by atoms with Crippen molar-refractivity contribution in [3.05, 3.63) is 59.7 Å². The van der Waals surface area contributed by atoms with Crippen LogP contribution < -0.4 is 5.32 Å². The molecule has 2 rings (SSSR count). The zero-order valence-electron chi connectivity index (χ0n) is 16.5. The molecule has 0 aliphatic rings. The van der Waals surface area contributed by atoms with Crippen LogP contribution in [0.2, 0.25) is 0 Å². The number of esters is 2. The van der Waals surface area contributed by atoms with Crippen LogP contribution in [0.4, 0.5) is 5.69 Å². The van der Waals surface area contributed by atoms with E-state index in [1.165, 1.54) is 18.2 Å². The first kappa shape index (κ1) is 22.3. The summed E-state index contributed by atoms with van der Waals surface area (Å²) in [7, 11) is -1.32. The SMILES string of the molecule is CC[S@@](=O)c1ccccc1C(=O)OCC(=O)Nc1ccc(C(=O)OC(C)C)cc1. The van der Waals surface area contributed by atoms with E-state index >= 15 is 0 Å². The first-order valence-corrected chi connectivity index (χ1v) is 10.4. The van der Waals surface area contributed by atoms with E-state index in [1.807, 2.05) is 0 Å². The van der Waals surface area contributed by atoms with Gasteiger partial charge in [0.05, 0.1) is 32.9 Å². The van der Waals surface area contributed by atoms with Crippen LogP contribution in [0.15, 0.2) is 53.4 Å². The van der Waals surface area contributed by atoms with Crippen LogP contribution in [0.3, 0.4) is 0 Å². The van der Waals surface area contributed by atoms with E-state index in [-0.39, 0.29) is 11.7 Å². The van der Waals surface area contributed by atoms with Crippen molar-refractivity contribution in [3.8, 4) is 0 Å². The predicted octanol–water partition coefficient (Wildman–Crippen LogP) is 3.17. The topological polar surface area (TPSA) is 98.8 Å². The van der Waals surface area contributed by atoms with E-state index < -0.39 is 35.3 Å². The molecule has 0 fully saturated rings. The third kappa shape index (κ3) is 6.53. The first-order chi connectivity index (χ1) is 13.8. The van der Waals surface area contributed by atoms with Crippen LogP contribution >= 0.6 is 0 Å². The van der Waals surface area contributed by atoms with Crippen LogP contribution in [0.25, 0.3) is 0 Å². The molecule has 0 aliphatic carbocycles. The number of amides is 1. The molecule has 8 heteroatoms. The molecule has 0 aliphatic heterocycles. The maximum atomic E-state index is 12.3. The Hall–Kier alpha value is -3.00. The largest absolute Gasteiger partial charge is 0.459 e. The Kier molecular flexibility index (Phi) is 8.09. The number of ether oxygens (including phenoxy) is 2. The summed E-state index contributed by atoms with van der Waals surface area (Å²) in [6.07, 6.45) is -0.226. The normalized spacial score (nSPS) is 11.6. The monoisotopic (exact) mass is 417 g/mol. The summed E-state index contributed by atoms with van der Waals surface area (Å²) in [5.41, 5.74) is 0.983. The van der Waals surface area contributed by atoms with Crippen molar-refractivity contribution in [2.24, 2.45) is 0 Å². The van der Waals surface area contributed by atoms with Crippen molar-refractivity contribution in [2.45, 2.75) is 31.8 Å². The predicted molar refractivity (Wildman–Crippen MR) is 109 cm³/mol. The fraction of sp³-hybridized carbons (Fsp3) is 0.286. The van der Waals surface area contributed by atoms with E-state index in [0.717, 1.165) is 0 Å². The molecule has 29 heavy (non-hydrogen) atoms. The van der Waals surface area contributed by atoms with Gasteiger partial charge in [-0.3, -0.25) is 9.00 Å². The lowest BCUT2D eigenvalue weighted by Crippen LogP contribution is -2.21. The third-order valence-corrected chi connectivity index (χ3v) is 5.07. The molecule has 0 aromatic heterocycles. The second-order valence-electron chi connectivity index (χ2n) is 6.29. The van der Waals surface area contributed by atoms with E-state index in [9.17, 15) is 18.6 Å². The van der Waals surface area contributed by atoms with Crippen LogP contribution in [-0.2, 0) is 25.1 Å². The zero-order valence-corrected chi connectivity index (χ0v) is 17.3. The molecule has 0 spiro atoms. The Morgan fingerprint density at radius 2 is 1.66 bits per heavy atom. The molecule has 0 heterocycles. The van der Waals surface area contributed by atoms with Gasteiger partial charge in [-0.15, -0.1) is 0 Å². The molecule has 1 amide bonds. The number of hydrogen-bond acceptors (Lipinski definition) is 6. The second-order valence-corrected chi connectivity index (χ2v) is 7.99. The van der Waals surface area contributed by atoms with Gasteiger partial charge in [0, 0.05) is 11.4 Å². The fourth-order valence-electron chi connectivity index (χ4n) is 2.37. The van der Waals surface area contributed by atoms with Gasteiger partial charge in [-0.05, 0) is 50.2 Å². The highest BCUT2D eigenvalue weighted by Crippen LogP contribution is 2.15. The minimum atomic E-state index is -1.32. The number of hydrogen-bond donors (Lipinski definition) is 1. The van der Waals surface area contributed by atoms with Crippen molar-refractivity contribution in [1.29, 1.82) is 0 Å². The molecular weight excluding hydrogens is 394 g/mol. The molecule has 0 saturated carbocycles. The third-order valence-electron chi connectivity index (χ3n) is 3.70. The number of carbonyl (C=O) groups is 3. The van der Waals surface area contributed by atoms with Crippen molar-refractivity contribution in [3.63, 3.8) is 0 Å². The zero-order chi connectivity index (χ0) is 21.4. The summed E-state index contributed by atoms with van der Waals surface area (Å²) in [4.78, 5) is 36.5. The molecular formula is C21H23NO6S. The van der Waals surface area contributed by atoms with E-state index in [4.69, 9.17) is 9.47 Å². The van der Waals surface area contributed by atoms with Crippen LogP contribution in [-0.4, -0.2) is 40.5 Å². The van der Waals surface area contributed by atoms with Gasteiger partial charge in [-0.25, -0.2) is 9.59 Å². The fourth-order valence-corrected chi connectivity index (χ4v) is 3.30. The highest BCUT2D eigenvalue weighted by atomic mass is 32.2. The van der Waals surface area contributed by atoms with Gasteiger partial charge in [-0.1, -0.05) is 19.1 Å². The molecule has 0 radical (unpaired) electrons. The van der Waals surface area contributed by atoms with E-state index in [1.54, 1.807) is 51.1 Å². The van der Waals surface area contributed by atoms with Crippen molar-refractivity contribution in [2.75, 3.05) is 17.7 Å². The van der Waals surface area contributed by atoms with Gasteiger partial charge < -0.3 is 14.8 Å². The van der Waals surface area contributed by atoms with Gasteiger partial charge in [0.1, 0.15) is 0 Å². The summed E-state index contributed by atoms with van der Waals surface area (Å²) in [5.74, 6) is -1.34. The van der Waals surface area contributed by atoms with Gasteiger partial charge in [-0.2, -0.15) is 0 Å². The minimum absolute atomic E-state index is 0.175. The highest BCUT2D eigenvalue weighted by molar-refractivity contribution is 7.85. The lowest BCUT2D eigenvalue weighted by molar-refractivity contribution is -0.119. The van der Waals surface area contributed by atoms with E-state index in [0.29, 0.717) is 21.9 Å². The van der Waals surface area contributed by atoms with Crippen molar-refractivity contribution in [1.82, 2.24) is 0 Å². The van der Waals surface area contributed by atoms with Crippen molar-refractivity contribution >= 4 is 34.3 Å². The number of nitrogens with one attached hydrogen (secondary N) is 1. The average molecular weight is 417 g/mol. The summed E-state index contributed by atoms with van der Waals surface area (Å²) in [6, 6.07) is 12.6. The van der Waals surface area contributed by atoms with Gasteiger partial charge >= 0.3 is 11.9 Å². The Morgan fingerprint density at radius 1 is 1.00 bits per heavy atom. The molecule has 2 aromatic rings. The number of benzene rings is 2. The Morgan fingerprint density at radius 3 is 2.28 bits per heavy atom. The Balaban J connectivity index is 1.93. The highest BCUT2D eigenvalue weighted by Gasteiger charge is 2.17. The molecule has 7 nitrogen and oxygen atoms in total. The van der Waals surface area contributed by atoms with Crippen LogP contribution in [0.5, 0.6) is 0 Å². The maximum absolute atomic E-state index is 12.3. The number of carbonyl (C=O) groups excluding carboxylic acids is 3. The minimum Gasteiger partial charge on any atom is -0.459 e. The number of rotatable bonds is 8. The number of anilines is 1. The molecule has 0 bridgehead atoms. The lowest BCUT2D eigenvalue weighted by atomic mass is 10.2.